The molecule has 3 rings (SSSR count). The summed E-state index contributed by atoms with van der Waals surface area (Å²) >= 11 is 0. The lowest BCUT2D eigenvalue weighted by atomic mass is 10.1. The second-order valence-electron chi connectivity index (χ2n) is 10.8. The first-order valence-corrected chi connectivity index (χ1v) is 15.4. The summed E-state index contributed by atoms with van der Waals surface area (Å²) in [5.74, 6) is -6.12. The van der Waals surface area contributed by atoms with Crippen LogP contribution in [0.2, 0.25) is 0 Å². The minimum atomic E-state index is -1.18. The standard InChI is InChI=1S/C11H12N2O2.C9H11NO3.C4H9NO3.C3H7NO3.C3H7NO2.C2H5NO2/c12-9(11(14)15)5-7-6-13-10-4-2-1-3-8(7)10;10-8(9(12)13)5-6-1-3-7(11)4-2-6;1-2(6)3(5)4(7)8;4-2(1-5)3(6)7;1-2(4)3(5)6;3-1-2(4)5/h1-4,6,9,13H,5,12H2,(H,14,15);1-4,8,11H,5,10H2,(H,12,13);2-3,6H,5H2,1H3,(H,7,8);2,5H,1,4H2,(H,6,7);2H,4H2,1H3,(H,5,6);1,3H2,(H,4,5). The van der Waals surface area contributed by atoms with Gasteiger partial charge in [0.2, 0.25) is 0 Å². The number of aromatic amines is 1. The number of nitrogens with two attached hydrogens (primary N) is 6. The number of hydrogen-bond donors (Lipinski definition) is 16. The Morgan fingerprint density at radius 2 is 1.09 bits per heavy atom. The molecular weight excluding hydrogens is 722 g/mol. The van der Waals surface area contributed by atoms with Gasteiger partial charge in [-0.1, -0.05) is 30.3 Å². The van der Waals surface area contributed by atoms with Crippen molar-refractivity contribution in [3.05, 3.63) is 65.9 Å². The van der Waals surface area contributed by atoms with Crippen LogP contribution >= 0.6 is 0 Å². The van der Waals surface area contributed by atoms with Gasteiger partial charge in [0.25, 0.3) is 0 Å². The van der Waals surface area contributed by atoms with E-state index in [0.29, 0.717) is 6.42 Å². The third kappa shape index (κ3) is 26.1. The predicted molar refractivity (Wildman–Crippen MR) is 193 cm³/mol. The number of phenolic OH excluding ortho intramolecular Hbond substituents is 1. The number of aliphatic hydroxyl groups is 2. The van der Waals surface area contributed by atoms with Gasteiger partial charge in [-0.15, -0.1) is 0 Å². The molecule has 3 aromatic rings. The highest BCUT2D eigenvalue weighted by Gasteiger charge is 2.16. The second kappa shape index (κ2) is 28.8. The molecular formula is C32H51N7O15. The third-order valence-electron chi connectivity index (χ3n) is 6.02. The number of benzene rings is 2. The van der Waals surface area contributed by atoms with Crippen LogP contribution in [0.1, 0.15) is 25.0 Å². The Balaban J connectivity index is -0.000000608. The number of aliphatic carboxylic acids is 6. The second-order valence-corrected chi connectivity index (χ2v) is 10.8. The van der Waals surface area contributed by atoms with Gasteiger partial charge >= 0.3 is 35.8 Å². The molecule has 22 nitrogen and oxygen atoms in total. The molecule has 22 heteroatoms. The lowest BCUT2D eigenvalue weighted by Crippen LogP contribution is -2.39. The first-order chi connectivity index (χ1) is 24.9. The molecule has 6 atom stereocenters. The topological polar surface area (TPSA) is 456 Å². The number of hydrogen-bond acceptors (Lipinski definition) is 15. The summed E-state index contributed by atoms with van der Waals surface area (Å²) in [5.41, 5.74) is 32.6. The molecule has 0 aliphatic carbocycles. The molecule has 2 aromatic carbocycles. The zero-order valence-electron chi connectivity index (χ0n) is 29.4. The van der Waals surface area contributed by atoms with Crippen LogP contribution in [0, 0.1) is 0 Å². The Morgan fingerprint density at radius 1 is 0.667 bits per heavy atom. The summed E-state index contributed by atoms with van der Waals surface area (Å²) in [6.45, 7) is 1.97. The van der Waals surface area contributed by atoms with E-state index in [2.05, 4.69) is 10.7 Å². The number of H-pyrrole nitrogens is 1. The van der Waals surface area contributed by atoms with E-state index in [1.807, 2.05) is 30.5 Å². The number of carboxylic acids is 6. The van der Waals surface area contributed by atoms with Crippen molar-refractivity contribution in [1.29, 1.82) is 0 Å². The van der Waals surface area contributed by atoms with Crippen LogP contribution < -0.4 is 34.4 Å². The Kier molecular flexibility index (Phi) is 28.1. The molecule has 0 fully saturated rings. The Bertz CT molecular complexity index is 1570. The number of phenols is 1. The Hall–Kier alpha value is -5.72. The van der Waals surface area contributed by atoms with E-state index >= 15 is 0 Å². The zero-order chi connectivity index (χ0) is 42.7. The number of carbonyl (C=O) groups is 6. The van der Waals surface area contributed by atoms with Crippen molar-refractivity contribution in [3.63, 3.8) is 0 Å². The highest BCUT2D eigenvalue weighted by Crippen LogP contribution is 2.18. The van der Waals surface area contributed by atoms with Gasteiger partial charge in [0.15, 0.2) is 0 Å². The van der Waals surface area contributed by atoms with Gasteiger partial charge in [-0.05, 0) is 49.6 Å². The number of fused-ring (bicyclic) bond motifs is 1. The van der Waals surface area contributed by atoms with E-state index in [0.717, 1.165) is 22.0 Å². The summed E-state index contributed by atoms with van der Waals surface area (Å²) < 4.78 is 0. The Morgan fingerprint density at radius 3 is 1.41 bits per heavy atom. The molecule has 0 spiro atoms. The van der Waals surface area contributed by atoms with Gasteiger partial charge < -0.3 is 85.3 Å². The largest absolute Gasteiger partial charge is 0.508 e. The lowest BCUT2D eigenvalue weighted by molar-refractivity contribution is -0.141. The molecule has 22 N–H and O–H groups in total. The smallest absolute Gasteiger partial charge is 0.323 e. The SMILES string of the molecule is CC(N)C(=O)O.CC(O)C(N)C(=O)O.NC(CO)C(=O)O.NC(Cc1c[nH]c2ccccc12)C(=O)O.NC(Cc1ccc(O)cc1)C(=O)O.NCC(=O)O. The van der Waals surface area contributed by atoms with E-state index in [1.165, 1.54) is 26.0 Å². The third-order valence-corrected chi connectivity index (χ3v) is 6.02. The van der Waals surface area contributed by atoms with E-state index in [1.54, 1.807) is 12.1 Å². The number of aromatic hydroxyl groups is 1. The summed E-state index contributed by atoms with van der Waals surface area (Å²) in [7, 11) is 0. The maximum atomic E-state index is 10.6. The summed E-state index contributed by atoms with van der Waals surface area (Å²) in [6.07, 6.45) is 1.45. The van der Waals surface area contributed by atoms with E-state index in [9.17, 15) is 28.8 Å². The fourth-order valence-electron chi connectivity index (χ4n) is 2.88. The van der Waals surface area contributed by atoms with Crippen LogP contribution in [0.25, 0.3) is 10.9 Å². The molecule has 0 bridgehead atoms. The van der Waals surface area contributed by atoms with Gasteiger partial charge in [0, 0.05) is 23.5 Å². The van der Waals surface area contributed by atoms with E-state index in [4.69, 9.17) is 74.6 Å². The molecule has 0 saturated carbocycles. The maximum Gasteiger partial charge on any atom is 0.323 e. The van der Waals surface area contributed by atoms with Crippen LogP contribution in [0.4, 0.5) is 0 Å². The number of para-hydroxylation sites is 1. The average Bonchev–Trinajstić information content (AvgIpc) is 3.52. The summed E-state index contributed by atoms with van der Waals surface area (Å²) in [6, 6.07) is 9.32. The van der Waals surface area contributed by atoms with E-state index < -0.39 is 78.7 Å². The molecule has 0 saturated heterocycles. The quantitative estimate of drug-likeness (QED) is 0.0876. The predicted octanol–water partition coefficient (Wildman–Crippen LogP) is -2.91. The first-order valence-electron chi connectivity index (χ1n) is 15.4. The van der Waals surface area contributed by atoms with Crippen LogP contribution in [0.15, 0.2) is 54.7 Å². The van der Waals surface area contributed by atoms with Gasteiger partial charge in [-0.2, -0.15) is 0 Å². The monoisotopic (exact) mass is 773 g/mol. The number of rotatable bonds is 12. The van der Waals surface area contributed by atoms with E-state index in [-0.39, 0.29) is 18.7 Å². The number of aliphatic hydroxyl groups excluding tert-OH is 2. The van der Waals surface area contributed by atoms with Crippen molar-refractivity contribution in [1.82, 2.24) is 4.98 Å². The molecule has 54 heavy (non-hydrogen) atoms. The number of nitrogens with one attached hydrogen (secondary N) is 1. The maximum absolute atomic E-state index is 10.6. The van der Waals surface area contributed by atoms with Crippen molar-refractivity contribution in [2.45, 2.75) is 63.0 Å². The molecule has 1 aromatic heterocycles. The van der Waals surface area contributed by atoms with Crippen LogP contribution in [-0.2, 0) is 41.6 Å². The van der Waals surface area contributed by atoms with Gasteiger partial charge in [0.1, 0.15) is 36.0 Å². The average molecular weight is 774 g/mol. The van der Waals surface area contributed by atoms with Crippen LogP contribution in [0.5, 0.6) is 5.75 Å². The van der Waals surface area contributed by atoms with Crippen LogP contribution in [-0.4, -0.2) is 136 Å². The highest BCUT2D eigenvalue weighted by atomic mass is 16.4. The van der Waals surface area contributed by atoms with Crippen molar-refractivity contribution < 1.29 is 74.7 Å². The summed E-state index contributed by atoms with van der Waals surface area (Å²) in [4.78, 5) is 62.4. The van der Waals surface area contributed by atoms with Gasteiger partial charge in [0.05, 0.1) is 19.3 Å². The van der Waals surface area contributed by atoms with Crippen molar-refractivity contribution in [3.8, 4) is 5.75 Å². The number of aromatic nitrogens is 1. The summed E-state index contributed by atoms with van der Waals surface area (Å²) in [5, 5.41) is 75.1. The lowest BCUT2D eigenvalue weighted by Gasteiger charge is -2.06. The van der Waals surface area contributed by atoms with Gasteiger partial charge in [-0.3, -0.25) is 28.8 Å². The Labute approximate surface area is 308 Å². The molecule has 0 aliphatic heterocycles. The molecule has 1 heterocycles. The minimum absolute atomic E-state index is 0.160. The molecule has 0 radical (unpaired) electrons. The fraction of sp³-hybridized carbons (Fsp3) is 0.375. The first kappa shape index (κ1) is 52.6. The molecule has 0 amide bonds. The zero-order valence-corrected chi connectivity index (χ0v) is 29.4. The highest BCUT2D eigenvalue weighted by molar-refractivity contribution is 5.84. The normalized spacial score (nSPS) is 13.1. The molecule has 0 aliphatic rings. The van der Waals surface area contributed by atoms with Crippen LogP contribution in [0.3, 0.4) is 0 Å². The number of carboxylic acid groups (broad SMARTS) is 6. The van der Waals surface area contributed by atoms with Crippen molar-refractivity contribution in [2.75, 3.05) is 13.2 Å². The van der Waals surface area contributed by atoms with Crippen molar-refractivity contribution in [2.24, 2.45) is 34.4 Å². The molecule has 304 valence electrons. The minimum Gasteiger partial charge on any atom is -0.508 e. The fourth-order valence-corrected chi connectivity index (χ4v) is 2.88. The molecule has 6 unspecified atom stereocenters. The van der Waals surface area contributed by atoms with Crippen molar-refractivity contribution >= 4 is 46.7 Å². The van der Waals surface area contributed by atoms with Gasteiger partial charge in [-0.25, -0.2) is 0 Å².